The van der Waals surface area contributed by atoms with Crippen molar-refractivity contribution in [1.29, 1.82) is 0 Å². The van der Waals surface area contributed by atoms with E-state index in [0.29, 0.717) is 42.2 Å². The van der Waals surface area contributed by atoms with Gasteiger partial charge in [-0.05, 0) is 62.5 Å². The van der Waals surface area contributed by atoms with Crippen LogP contribution in [0.3, 0.4) is 0 Å². The van der Waals surface area contributed by atoms with Gasteiger partial charge in [-0.3, -0.25) is 13.9 Å². The van der Waals surface area contributed by atoms with Gasteiger partial charge in [0, 0.05) is 37.0 Å². The number of benzene rings is 3. The first kappa shape index (κ1) is 28.8. The summed E-state index contributed by atoms with van der Waals surface area (Å²) >= 11 is 0. The molecule has 10 heteroatoms. The number of nitrogens with one attached hydrogen (secondary N) is 3. The zero-order chi connectivity index (χ0) is 28.9. The molecule has 0 fully saturated rings. The van der Waals surface area contributed by atoms with Crippen LogP contribution in [-0.2, 0) is 26.2 Å². The maximum atomic E-state index is 13.2. The molecule has 0 atom stereocenters. The number of rotatable bonds is 11. The standard InChI is InChI=1S/C30H35N5O4S/c1-21(36)31-20-22-13-15-23(16-14-22)29(28-26-11-5-6-12-27(26)33-30(28)37)32-24-9-7-10-25(19-24)35(40(4,38)39)18-8-17-34(2)3/h5-7,9-16,19,32H,8,17-18,20H2,1-4H3,(H,31,36)(H,33,37)/b29-28-. The Morgan fingerprint density at radius 2 is 1.68 bits per heavy atom. The molecular weight excluding hydrogens is 526 g/mol. The molecule has 1 aliphatic rings. The minimum Gasteiger partial charge on any atom is -0.354 e. The second-order valence-electron chi connectivity index (χ2n) is 10.0. The van der Waals surface area contributed by atoms with Gasteiger partial charge in [0.2, 0.25) is 15.9 Å². The van der Waals surface area contributed by atoms with Gasteiger partial charge in [-0.2, -0.15) is 0 Å². The Hall–Kier alpha value is -4.15. The van der Waals surface area contributed by atoms with E-state index >= 15 is 0 Å². The molecule has 0 saturated heterocycles. The Morgan fingerprint density at radius 1 is 0.950 bits per heavy atom. The minimum atomic E-state index is -3.51. The van der Waals surface area contributed by atoms with Crippen molar-refractivity contribution in [3.63, 3.8) is 0 Å². The number of fused-ring (bicyclic) bond motifs is 1. The van der Waals surface area contributed by atoms with Crippen molar-refractivity contribution >= 4 is 50.2 Å². The molecule has 0 bridgehead atoms. The Morgan fingerprint density at radius 3 is 2.35 bits per heavy atom. The maximum absolute atomic E-state index is 13.2. The van der Waals surface area contributed by atoms with E-state index in [9.17, 15) is 18.0 Å². The highest BCUT2D eigenvalue weighted by Gasteiger charge is 2.28. The van der Waals surface area contributed by atoms with E-state index < -0.39 is 10.0 Å². The molecule has 0 spiro atoms. The van der Waals surface area contributed by atoms with E-state index in [1.165, 1.54) is 17.5 Å². The third kappa shape index (κ3) is 7.08. The van der Waals surface area contributed by atoms with Crippen molar-refractivity contribution in [3.05, 3.63) is 89.5 Å². The molecule has 210 valence electrons. The van der Waals surface area contributed by atoms with Crippen LogP contribution in [0.1, 0.15) is 30.0 Å². The van der Waals surface area contributed by atoms with Crippen molar-refractivity contribution in [1.82, 2.24) is 10.2 Å². The highest BCUT2D eigenvalue weighted by Crippen LogP contribution is 2.37. The van der Waals surface area contributed by atoms with Crippen molar-refractivity contribution < 1.29 is 18.0 Å². The summed E-state index contributed by atoms with van der Waals surface area (Å²) in [5.41, 5.74) is 5.44. The van der Waals surface area contributed by atoms with Gasteiger partial charge in [0.1, 0.15) is 0 Å². The van der Waals surface area contributed by atoms with Crippen molar-refractivity contribution in [2.75, 3.05) is 48.4 Å². The number of nitrogens with zero attached hydrogens (tertiary/aromatic N) is 2. The van der Waals surface area contributed by atoms with Gasteiger partial charge in [-0.25, -0.2) is 8.42 Å². The Balaban J connectivity index is 1.74. The molecule has 3 N–H and O–H groups in total. The van der Waals surface area contributed by atoms with Crippen LogP contribution in [0.2, 0.25) is 0 Å². The summed E-state index contributed by atoms with van der Waals surface area (Å²) in [5.74, 6) is -0.346. The topological polar surface area (TPSA) is 111 Å². The number of hydrogen-bond donors (Lipinski definition) is 3. The summed E-state index contributed by atoms with van der Waals surface area (Å²) in [6.45, 7) is 2.97. The van der Waals surface area contributed by atoms with Crippen LogP contribution >= 0.6 is 0 Å². The van der Waals surface area contributed by atoms with Crippen LogP contribution in [0.4, 0.5) is 17.1 Å². The monoisotopic (exact) mass is 561 g/mol. The predicted molar refractivity (Wildman–Crippen MR) is 161 cm³/mol. The van der Waals surface area contributed by atoms with Gasteiger partial charge >= 0.3 is 0 Å². The molecule has 0 saturated carbocycles. The summed E-state index contributed by atoms with van der Waals surface area (Å²) in [6, 6.07) is 22.3. The summed E-state index contributed by atoms with van der Waals surface area (Å²) in [7, 11) is 0.392. The molecule has 0 aliphatic carbocycles. The fourth-order valence-electron chi connectivity index (χ4n) is 4.56. The third-order valence-corrected chi connectivity index (χ3v) is 7.67. The van der Waals surface area contributed by atoms with Crippen LogP contribution in [0, 0.1) is 0 Å². The largest absolute Gasteiger partial charge is 0.354 e. The number of hydrogen-bond acceptors (Lipinski definition) is 6. The first-order valence-electron chi connectivity index (χ1n) is 13.0. The average molecular weight is 562 g/mol. The Labute approximate surface area is 235 Å². The molecule has 3 aromatic rings. The quantitative estimate of drug-likeness (QED) is 0.306. The highest BCUT2D eigenvalue weighted by atomic mass is 32.2. The second-order valence-corrected chi connectivity index (χ2v) is 11.9. The maximum Gasteiger partial charge on any atom is 0.258 e. The second kappa shape index (κ2) is 12.4. The Kier molecular flexibility index (Phi) is 8.91. The molecule has 40 heavy (non-hydrogen) atoms. The molecule has 0 unspecified atom stereocenters. The smallest absolute Gasteiger partial charge is 0.258 e. The summed E-state index contributed by atoms with van der Waals surface area (Å²) in [5, 5.41) is 9.14. The van der Waals surface area contributed by atoms with Crippen molar-refractivity contribution in [3.8, 4) is 0 Å². The number of anilines is 3. The highest BCUT2D eigenvalue weighted by molar-refractivity contribution is 7.92. The number of carbonyl (C=O) groups is 2. The Bertz CT molecular complexity index is 1530. The van der Waals surface area contributed by atoms with Gasteiger partial charge in [0.25, 0.3) is 5.91 Å². The van der Waals surface area contributed by atoms with Gasteiger partial charge in [0.15, 0.2) is 0 Å². The van der Waals surface area contributed by atoms with E-state index in [4.69, 9.17) is 0 Å². The third-order valence-electron chi connectivity index (χ3n) is 6.48. The fraction of sp³-hybridized carbons (Fsp3) is 0.267. The predicted octanol–water partition coefficient (Wildman–Crippen LogP) is 3.97. The van der Waals surface area contributed by atoms with Crippen molar-refractivity contribution in [2.45, 2.75) is 19.9 Å². The SMILES string of the molecule is CC(=O)NCc1ccc(/C(Nc2cccc(N(CCCN(C)C)S(C)(=O)=O)c2)=C2/C(=O)Nc3ccccc32)cc1. The lowest BCUT2D eigenvalue weighted by atomic mass is 9.99. The van der Waals surface area contributed by atoms with Crippen LogP contribution in [-0.4, -0.2) is 58.6 Å². The lowest BCUT2D eigenvalue weighted by Crippen LogP contribution is -2.32. The lowest BCUT2D eigenvalue weighted by molar-refractivity contribution is -0.119. The summed E-state index contributed by atoms with van der Waals surface area (Å²) in [4.78, 5) is 26.6. The van der Waals surface area contributed by atoms with E-state index in [-0.39, 0.29) is 11.8 Å². The summed E-state index contributed by atoms with van der Waals surface area (Å²) < 4.78 is 26.8. The van der Waals surface area contributed by atoms with E-state index in [1.54, 1.807) is 18.2 Å². The number of sulfonamides is 1. The van der Waals surface area contributed by atoms with E-state index in [2.05, 4.69) is 16.0 Å². The van der Waals surface area contributed by atoms with Crippen molar-refractivity contribution in [2.24, 2.45) is 0 Å². The lowest BCUT2D eigenvalue weighted by Gasteiger charge is -2.24. The fourth-order valence-corrected chi connectivity index (χ4v) is 5.52. The van der Waals surface area contributed by atoms with Crippen LogP contribution in [0.15, 0.2) is 72.8 Å². The van der Waals surface area contributed by atoms with Gasteiger partial charge < -0.3 is 20.9 Å². The molecule has 9 nitrogen and oxygen atoms in total. The molecule has 1 heterocycles. The molecule has 2 amide bonds. The van der Waals surface area contributed by atoms with Gasteiger partial charge in [-0.1, -0.05) is 48.5 Å². The van der Waals surface area contributed by atoms with Gasteiger partial charge in [-0.15, -0.1) is 0 Å². The van der Waals surface area contributed by atoms with Crippen LogP contribution < -0.4 is 20.3 Å². The molecule has 1 aliphatic heterocycles. The molecule has 0 radical (unpaired) electrons. The normalized spacial score (nSPS) is 14.0. The molecular formula is C30H35N5O4S. The zero-order valence-corrected chi connectivity index (χ0v) is 24.0. The van der Waals surface area contributed by atoms with E-state index in [0.717, 1.165) is 28.9 Å². The first-order chi connectivity index (χ1) is 19.0. The number of amides is 2. The molecule has 0 aromatic heterocycles. The zero-order valence-electron chi connectivity index (χ0n) is 23.2. The van der Waals surface area contributed by atoms with Crippen LogP contribution in [0.25, 0.3) is 11.3 Å². The van der Waals surface area contributed by atoms with Crippen LogP contribution in [0.5, 0.6) is 0 Å². The van der Waals surface area contributed by atoms with E-state index in [1.807, 2.05) is 73.6 Å². The minimum absolute atomic E-state index is 0.113. The first-order valence-corrected chi connectivity index (χ1v) is 14.9. The molecule has 4 rings (SSSR count). The van der Waals surface area contributed by atoms with Gasteiger partial charge in [0.05, 0.1) is 23.2 Å². The summed E-state index contributed by atoms with van der Waals surface area (Å²) in [6.07, 6.45) is 1.88. The average Bonchev–Trinajstić information content (AvgIpc) is 3.23. The number of para-hydroxylation sites is 1. The molecule has 3 aromatic carbocycles. The number of carbonyl (C=O) groups excluding carboxylic acids is 2.